The van der Waals surface area contributed by atoms with Crippen molar-refractivity contribution in [2.75, 3.05) is 31.6 Å². The molecule has 1 atom stereocenters. The lowest BCUT2D eigenvalue weighted by Gasteiger charge is -2.31. The van der Waals surface area contributed by atoms with E-state index >= 15 is 0 Å². The first kappa shape index (κ1) is 24.9. The van der Waals surface area contributed by atoms with E-state index in [0.717, 1.165) is 24.1 Å². The number of nitrogens with two attached hydrogens (primary N) is 1. The number of fused-ring (bicyclic) bond motifs is 1. The summed E-state index contributed by atoms with van der Waals surface area (Å²) < 4.78 is 8.33. The first-order valence-corrected chi connectivity index (χ1v) is 11.7. The summed E-state index contributed by atoms with van der Waals surface area (Å²) in [4.78, 5) is 44.6. The van der Waals surface area contributed by atoms with Crippen molar-refractivity contribution >= 4 is 28.7 Å². The molecule has 11 nitrogen and oxygen atoms in total. The van der Waals surface area contributed by atoms with E-state index in [1.807, 2.05) is 0 Å². The van der Waals surface area contributed by atoms with Crippen LogP contribution in [0.2, 0.25) is 0 Å². The largest absolute Gasteiger partial charge is 0.484 e. The SMILES string of the molecule is CC#CCn1c(N2CCCC(N)C2)nc2cnn(CC(=O)c3cccc(OCC(=O)NC)c3)c(=O)c21. The third kappa shape index (κ3) is 5.39. The minimum Gasteiger partial charge on any atom is -0.484 e. The molecule has 1 saturated heterocycles. The molecule has 1 aliphatic heterocycles. The summed E-state index contributed by atoms with van der Waals surface area (Å²) in [5.41, 5.74) is 6.88. The number of anilines is 1. The second kappa shape index (κ2) is 11.0. The molecular weight excluding hydrogens is 462 g/mol. The fraction of sp³-hybridized carbons (Fsp3) is 0.400. The number of likely N-dealkylation sites (N-methyl/N-ethyl adjacent to an activating group) is 1. The van der Waals surface area contributed by atoms with Crippen LogP contribution in [0.3, 0.4) is 0 Å². The number of ether oxygens (including phenoxy) is 1. The highest BCUT2D eigenvalue weighted by molar-refractivity contribution is 5.96. The smallest absolute Gasteiger partial charge is 0.293 e. The molecule has 2 aromatic heterocycles. The maximum atomic E-state index is 13.4. The Hall–Kier alpha value is -4.17. The highest BCUT2D eigenvalue weighted by atomic mass is 16.5. The molecule has 1 aliphatic rings. The molecule has 1 aromatic carbocycles. The zero-order valence-electron chi connectivity index (χ0n) is 20.4. The number of carbonyl (C=O) groups excluding carboxylic acids is 2. The van der Waals surface area contributed by atoms with E-state index in [1.54, 1.807) is 29.7 Å². The van der Waals surface area contributed by atoms with E-state index in [0.29, 0.717) is 34.8 Å². The minimum absolute atomic E-state index is 0.0350. The Morgan fingerprint density at radius 2 is 2.17 bits per heavy atom. The Morgan fingerprint density at radius 3 is 2.92 bits per heavy atom. The molecule has 3 N–H and O–H groups in total. The average molecular weight is 492 g/mol. The summed E-state index contributed by atoms with van der Waals surface area (Å²) in [6.07, 6.45) is 3.38. The van der Waals surface area contributed by atoms with E-state index in [2.05, 4.69) is 32.1 Å². The summed E-state index contributed by atoms with van der Waals surface area (Å²) in [5.74, 6) is 6.28. The molecule has 3 aromatic rings. The number of hydrogen-bond donors (Lipinski definition) is 2. The molecule has 0 spiro atoms. The first-order chi connectivity index (χ1) is 17.4. The summed E-state index contributed by atoms with van der Waals surface area (Å²) in [5, 5.41) is 6.67. The van der Waals surface area contributed by atoms with Gasteiger partial charge in [-0.2, -0.15) is 5.10 Å². The molecule has 36 heavy (non-hydrogen) atoms. The van der Waals surface area contributed by atoms with Gasteiger partial charge >= 0.3 is 0 Å². The second-order valence-corrected chi connectivity index (χ2v) is 8.53. The van der Waals surface area contributed by atoms with Crippen LogP contribution < -0.4 is 26.2 Å². The normalized spacial score (nSPS) is 15.3. The van der Waals surface area contributed by atoms with Crippen LogP contribution >= 0.6 is 0 Å². The fourth-order valence-electron chi connectivity index (χ4n) is 4.13. The summed E-state index contributed by atoms with van der Waals surface area (Å²) in [7, 11) is 1.51. The Balaban J connectivity index is 1.64. The Bertz CT molecular complexity index is 1400. The lowest BCUT2D eigenvalue weighted by atomic mass is 10.1. The highest BCUT2D eigenvalue weighted by Gasteiger charge is 2.24. The lowest BCUT2D eigenvalue weighted by Crippen LogP contribution is -2.44. The Morgan fingerprint density at radius 1 is 1.33 bits per heavy atom. The summed E-state index contributed by atoms with van der Waals surface area (Å²) in [6.45, 7) is 3.02. The van der Waals surface area contributed by atoms with Crippen LogP contribution in [0.1, 0.15) is 30.1 Å². The van der Waals surface area contributed by atoms with Crippen molar-refractivity contribution in [1.29, 1.82) is 0 Å². The average Bonchev–Trinajstić information content (AvgIpc) is 3.27. The zero-order chi connectivity index (χ0) is 25.7. The predicted molar refractivity (Wildman–Crippen MR) is 135 cm³/mol. The van der Waals surface area contributed by atoms with Crippen molar-refractivity contribution in [3.05, 3.63) is 46.4 Å². The van der Waals surface area contributed by atoms with Gasteiger partial charge in [0.2, 0.25) is 5.95 Å². The molecule has 0 bridgehead atoms. The minimum atomic E-state index is -0.425. The Kier molecular flexibility index (Phi) is 7.65. The molecule has 4 rings (SSSR count). The standard InChI is InChI=1S/C25H29N7O4/c1-3-4-11-31-23-20(29-25(31)30-10-6-8-18(26)14-30)13-28-32(24(23)35)15-21(33)17-7-5-9-19(12-17)36-16-22(34)27-2/h5,7,9,12-13,18H,6,8,10-11,14-16,26H2,1-2H3,(H,27,34). The van der Waals surface area contributed by atoms with Crippen LogP contribution in [0.5, 0.6) is 5.75 Å². The quantitative estimate of drug-likeness (QED) is 0.344. The third-order valence-corrected chi connectivity index (χ3v) is 5.98. The molecule has 0 saturated carbocycles. The molecule has 188 valence electrons. The number of aromatic nitrogens is 4. The van der Waals surface area contributed by atoms with Crippen molar-refractivity contribution in [2.24, 2.45) is 5.73 Å². The van der Waals surface area contributed by atoms with Gasteiger partial charge in [0.25, 0.3) is 11.5 Å². The Labute approximate surface area is 208 Å². The van der Waals surface area contributed by atoms with Crippen LogP contribution in [-0.2, 0) is 17.9 Å². The van der Waals surface area contributed by atoms with E-state index in [1.165, 1.54) is 19.3 Å². The number of nitrogens with one attached hydrogen (secondary N) is 1. The van der Waals surface area contributed by atoms with Crippen molar-refractivity contribution in [3.8, 4) is 17.6 Å². The second-order valence-electron chi connectivity index (χ2n) is 8.53. The van der Waals surface area contributed by atoms with Crippen molar-refractivity contribution in [3.63, 3.8) is 0 Å². The number of benzene rings is 1. The van der Waals surface area contributed by atoms with Crippen LogP contribution in [0.25, 0.3) is 11.0 Å². The van der Waals surface area contributed by atoms with Gasteiger partial charge in [0.15, 0.2) is 12.4 Å². The highest BCUT2D eigenvalue weighted by Crippen LogP contribution is 2.23. The molecule has 1 unspecified atom stereocenters. The first-order valence-electron chi connectivity index (χ1n) is 11.7. The third-order valence-electron chi connectivity index (χ3n) is 5.98. The number of imidazole rings is 1. The van der Waals surface area contributed by atoms with E-state index in [4.69, 9.17) is 10.5 Å². The number of ketones is 1. The number of amides is 1. The van der Waals surface area contributed by atoms with E-state index in [-0.39, 0.29) is 37.4 Å². The van der Waals surface area contributed by atoms with Crippen LogP contribution in [0, 0.1) is 11.8 Å². The molecule has 3 heterocycles. The molecule has 0 aliphatic carbocycles. The number of piperidine rings is 1. The summed E-state index contributed by atoms with van der Waals surface area (Å²) >= 11 is 0. The lowest BCUT2D eigenvalue weighted by molar-refractivity contribution is -0.122. The molecule has 0 radical (unpaired) electrons. The fourth-order valence-corrected chi connectivity index (χ4v) is 4.13. The number of nitrogens with zero attached hydrogens (tertiary/aromatic N) is 5. The molecule has 1 fully saturated rings. The van der Waals surface area contributed by atoms with Gasteiger partial charge in [-0.15, -0.1) is 5.92 Å². The number of Topliss-reactive ketones (excluding diaryl/α,β-unsaturated/α-hetero) is 1. The monoisotopic (exact) mass is 491 g/mol. The van der Waals surface area contributed by atoms with Crippen molar-refractivity contribution < 1.29 is 14.3 Å². The molecule has 1 amide bonds. The number of carbonyl (C=O) groups is 2. The van der Waals surface area contributed by atoms with E-state index in [9.17, 15) is 14.4 Å². The van der Waals surface area contributed by atoms with Gasteiger partial charge in [0.1, 0.15) is 23.3 Å². The molecular formula is C25H29N7O4. The van der Waals surface area contributed by atoms with Gasteiger partial charge in [0, 0.05) is 31.7 Å². The zero-order valence-corrected chi connectivity index (χ0v) is 20.4. The van der Waals surface area contributed by atoms with Gasteiger partial charge in [-0.1, -0.05) is 18.1 Å². The number of hydrogen-bond acceptors (Lipinski definition) is 8. The predicted octanol–water partition coefficient (Wildman–Crippen LogP) is 0.552. The van der Waals surface area contributed by atoms with Gasteiger partial charge in [-0.05, 0) is 31.9 Å². The van der Waals surface area contributed by atoms with E-state index < -0.39 is 5.56 Å². The maximum absolute atomic E-state index is 13.4. The van der Waals surface area contributed by atoms with Crippen molar-refractivity contribution in [2.45, 2.75) is 38.9 Å². The van der Waals surface area contributed by atoms with Gasteiger partial charge in [-0.3, -0.25) is 19.0 Å². The van der Waals surface area contributed by atoms with Gasteiger partial charge < -0.3 is 20.7 Å². The van der Waals surface area contributed by atoms with Crippen LogP contribution in [0.4, 0.5) is 5.95 Å². The van der Waals surface area contributed by atoms with Gasteiger partial charge in [0.05, 0.1) is 12.7 Å². The number of rotatable bonds is 8. The topological polar surface area (TPSA) is 137 Å². The maximum Gasteiger partial charge on any atom is 0.293 e. The van der Waals surface area contributed by atoms with Crippen LogP contribution in [0.15, 0.2) is 35.3 Å². The molecule has 11 heteroatoms. The van der Waals surface area contributed by atoms with Crippen molar-refractivity contribution in [1.82, 2.24) is 24.6 Å². The van der Waals surface area contributed by atoms with Crippen LogP contribution in [-0.4, -0.2) is 63.8 Å². The van der Waals surface area contributed by atoms with Gasteiger partial charge in [-0.25, -0.2) is 9.67 Å². The summed E-state index contributed by atoms with van der Waals surface area (Å²) in [6, 6.07) is 6.50.